The van der Waals surface area contributed by atoms with E-state index >= 15 is 0 Å². The summed E-state index contributed by atoms with van der Waals surface area (Å²) in [4.78, 5) is 15.8. The Hall–Kier alpha value is -0.830. The van der Waals surface area contributed by atoms with Crippen LogP contribution in [-0.4, -0.2) is 27.7 Å². The third kappa shape index (κ3) is 2.52. The molecule has 20 heavy (non-hydrogen) atoms. The standard InChI is InChI=1S/C17H22BrNO/c1-2-16(12-6-4-3-5-7-12)17(20)19-14-8-9-15(19)11-13(18)10-14/h3-7,13-16H,2,8-11H2,1H3. The number of nitrogens with zero attached hydrogens (tertiary/aromatic N) is 1. The Labute approximate surface area is 129 Å². The normalized spacial score (nSPS) is 30.3. The van der Waals surface area contributed by atoms with Crippen molar-refractivity contribution in [3.63, 3.8) is 0 Å². The van der Waals surface area contributed by atoms with Gasteiger partial charge in [0.05, 0.1) is 5.92 Å². The first-order chi connectivity index (χ1) is 9.70. The van der Waals surface area contributed by atoms with E-state index in [1.807, 2.05) is 18.2 Å². The quantitative estimate of drug-likeness (QED) is 0.761. The van der Waals surface area contributed by atoms with Crippen LogP contribution in [0, 0.1) is 0 Å². The molecule has 1 amide bonds. The number of hydrogen-bond acceptors (Lipinski definition) is 1. The first kappa shape index (κ1) is 14.1. The lowest BCUT2D eigenvalue weighted by Gasteiger charge is -2.39. The summed E-state index contributed by atoms with van der Waals surface area (Å²) in [5, 5.41) is 0. The van der Waals surface area contributed by atoms with Crippen LogP contribution in [0.5, 0.6) is 0 Å². The van der Waals surface area contributed by atoms with Crippen molar-refractivity contribution in [1.82, 2.24) is 4.90 Å². The van der Waals surface area contributed by atoms with Gasteiger partial charge in [-0.1, -0.05) is 53.2 Å². The van der Waals surface area contributed by atoms with Crippen LogP contribution in [-0.2, 0) is 4.79 Å². The third-order valence-electron chi connectivity index (χ3n) is 4.84. The van der Waals surface area contributed by atoms with Crippen LogP contribution in [0.25, 0.3) is 0 Å². The molecule has 3 rings (SSSR count). The highest BCUT2D eigenvalue weighted by molar-refractivity contribution is 9.09. The van der Waals surface area contributed by atoms with Gasteiger partial charge in [0.15, 0.2) is 0 Å². The van der Waals surface area contributed by atoms with Crippen LogP contribution < -0.4 is 0 Å². The monoisotopic (exact) mass is 335 g/mol. The number of alkyl halides is 1. The Morgan fingerprint density at radius 3 is 2.40 bits per heavy atom. The van der Waals surface area contributed by atoms with Crippen molar-refractivity contribution >= 4 is 21.8 Å². The van der Waals surface area contributed by atoms with Crippen LogP contribution in [0.2, 0.25) is 0 Å². The zero-order valence-corrected chi connectivity index (χ0v) is 13.6. The molecule has 2 nitrogen and oxygen atoms in total. The Bertz CT molecular complexity index is 461. The predicted molar refractivity (Wildman–Crippen MR) is 85.1 cm³/mol. The molecule has 1 aromatic rings. The average molecular weight is 336 g/mol. The first-order valence-electron chi connectivity index (χ1n) is 7.72. The molecule has 2 fully saturated rings. The first-order valence-corrected chi connectivity index (χ1v) is 8.63. The van der Waals surface area contributed by atoms with E-state index in [9.17, 15) is 4.79 Å². The van der Waals surface area contributed by atoms with Gasteiger partial charge < -0.3 is 4.90 Å². The molecule has 0 saturated carbocycles. The highest BCUT2D eigenvalue weighted by atomic mass is 79.9. The van der Waals surface area contributed by atoms with Gasteiger partial charge in [0, 0.05) is 16.9 Å². The zero-order chi connectivity index (χ0) is 14.1. The van der Waals surface area contributed by atoms with Crippen LogP contribution in [0.4, 0.5) is 0 Å². The molecule has 2 aliphatic rings. The number of benzene rings is 1. The van der Waals surface area contributed by atoms with Crippen molar-refractivity contribution < 1.29 is 4.79 Å². The fraction of sp³-hybridized carbons (Fsp3) is 0.588. The third-order valence-corrected chi connectivity index (χ3v) is 5.59. The Morgan fingerprint density at radius 2 is 1.85 bits per heavy atom. The van der Waals surface area contributed by atoms with E-state index < -0.39 is 0 Å². The summed E-state index contributed by atoms with van der Waals surface area (Å²) in [6, 6.07) is 11.2. The fourth-order valence-corrected chi connectivity index (χ4v) is 4.75. The SMILES string of the molecule is CCC(C(=O)N1C2CCC1CC(Br)C2)c1ccccc1. The van der Waals surface area contributed by atoms with Gasteiger partial charge in [-0.3, -0.25) is 4.79 Å². The summed E-state index contributed by atoms with van der Waals surface area (Å²) in [5.41, 5.74) is 1.17. The fourth-order valence-electron chi connectivity index (χ4n) is 3.89. The maximum absolute atomic E-state index is 13.0. The molecule has 0 aromatic heterocycles. The van der Waals surface area contributed by atoms with Crippen molar-refractivity contribution in [3.8, 4) is 0 Å². The molecule has 0 N–H and O–H groups in total. The molecule has 2 heterocycles. The summed E-state index contributed by atoms with van der Waals surface area (Å²) < 4.78 is 0. The predicted octanol–water partition coefficient (Wildman–Crippen LogP) is 4.10. The minimum atomic E-state index is 0.0335. The summed E-state index contributed by atoms with van der Waals surface area (Å²) in [5.74, 6) is 0.386. The van der Waals surface area contributed by atoms with E-state index in [-0.39, 0.29) is 5.92 Å². The largest absolute Gasteiger partial charge is 0.336 e. The summed E-state index contributed by atoms with van der Waals surface area (Å²) in [7, 11) is 0. The maximum Gasteiger partial charge on any atom is 0.230 e. The second-order valence-electron chi connectivity index (χ2n) is 6.07. The number of piperidine rings is 1. The van der Waals surface area contributed by atoms with Gasteiger partial charge in [0.1, 0.15) is 0 Å². The van der Waals surface area contributed by atoms with Crippen molar-refractivity contribution in [2.45, 2.75) is 61.9 Å². The number of halogens is 1. The molecule has 108 valence electrons. The summed E-state index contributed by atoms with van der Waals surface area (Å²) >= 11 is 3.75. The highest BCUT2D eigenvalue weighted by Crippen LogP contribution is 2.40. The molecule has 3 unspecified atom stereocenters. The van der Waals surface area contributed by atoms with Gasteiger partial charge >= 0.3 is 0 Å². The van der Waals surface area contributed by atoms with Gasteiger partial charge in [-0.2, -0.15) is 0 Å². The molecule has 2 saturated heterocycles. The van der Waals surface area contributed by atoms with Crippen molar-refractivity contribution in [1.29, 1.82) is 0 Å². The van der Waals surface area contributed by atoms with E-state index in [2.05, 4.69) is 39.9 Å². The lowest BCUT2D eigenvalue weighted by atomic mass is 9.92. The van der Waals surface area contributed by atoms with E-state index in [0.29, 0.717) is 22.8 Å². The lowest BCUT2D eigenvalue weighted by Crippen LogP contribution is -2.48. The molecular weight excluding hydrogens is 314 g/mol. The number of rotatable bonds is 3. The topological polar surface area (TPSA) is 20.3 Å². The molecule has 0 spiro atoms. The van der Waals surface area contributed by atoms with E-state index in [1.165, 1.54) is 18.4 Å². The van der Waals surface area contributed by atoms with Gasteiger partial charge in [-0.15, -0.1) is 0 Å². The smallest absolute Gasteiger partial charge is 0.230 e. The Balaban J connectivity index is 1.81. The molecule has 0 aliphatic carbocycles. The summed E-state index contributed by atoms with van der Waals surface area (Å²) in [6.45, 7) is 2.12. The minimum Gasteiger partial charge on any atom is -0.336 e. The second-order valence-corrected chi connectivity index (χ2v) is 7.37. The molecule has 2 aliphatic heterocycles. The molecule has 0 radical (unpaired) electrons. The maximum atomic E-state index is 13.0. The van der Waals surface area contributed by atoms with Gasteiger partial charge in [0.2, 0.25) is 5.91 Å². The molecule has 3 atom stereocenters. The van der Waals surface area contributed by atoms with Gasteiger partial charge in [-0.05, 0) is 37.7 Å². The number of carbonyl (C=O) groups excluding carboxylic acids is 1. The Kier molecular flexibility index (Phi) is 4.16. The van der Waals surface area contributed by atoms with Gasteiger partial charge in [-0.25, -0.2) is 0 Å². The number of carbonyl (C=O) groups is 1. The van der Waals surface area contributed by atoms with Crippen molar-refractivity contribution in [2.75, 3.05) is 0 Å². The molecule has 2 bridgehead atoms. The van der Waals surface area contributed by atoms with Crippen molar-refractivity contribution in [2.24, 2.45) is 0 Å². The van der Waals surface area contributed by atoms with Crippen LogP contribution >= 0.6 is 15.9 Å². The van der Waals surface area contributed by atoms with E-state index in [1.54, 1.807) is 0 Å². The van der Waals surface area contributed by atoms with Crippen LogP contribution in [0.3, 0.4) is 0 Å². The highest BCUT2D eigenvalue weighted by Gasteiger charge is 2.44. The summed E-state index contributed by atoms with van der Waals surface area (Å²) in [6.07, 6.45) is 5.49. The van der Waals surface area contributed by atoms with Crippen LogP contribution in [0.1, 0.15) is 50.5 Å². The Morgan fingerprint density at radius 1 is 1.25 bits per heavy atom. The molecular formula is C17H22BrNO. The van der Waals surface area contributed by atoms with Gasteiger partial charge in [0.25, 0.3) is 0 Å². The number of amides is 1. The van der Waals surface area contributed by atoms with E-state index in [4.69, 9.17) is 0 Å². The average Bonchev–Trinajstić information content (AvgIpc) is 2.73. The molecule has 1 aromatic carbocycles. The zero-order valence-electron chi connectivity index (χ0n) is 12.0. The van der Waals surface area contributed by atoms with Crippen molar-refractivity contribution in [3.05, 3.63) is 35.9 Å². The number of hydrogen-bond donors (Lipinski definition) is 0. The second kappa shape index (κ2) is 5.88. The number of fused-ring (bicyclic) bond motifs is 2. The molecule has 3 heteroatoms. The lowest BCUT2D eigenvalue weighted by molar-refractivity contribution is -0.137. The van der Waals surface area contributed by atoms with E-state index in [0.717, 1.165) is 19.3 Å². The van der Waals surface area contributed by atoms with Crippen LogP contribution in [0.15, 0.2) is 30.3 Å². The minimum absolute atomic E-state index is 0.0335.